The lowest BCUT2D eigenvalue weighted by atomic mass is 10.2. The van der Waals surface area contributed by atoms with Crippen LogP contribution in [0.3, 0.4) is 0 Å². The predicted molar refractivity (Wildman–Crippen MR) is 56.8 cm³/mol. The standard InChI is InChI=1S/C9H8BrNS/c1-5-3-4-7-9(8(5)10)12-6(2)11-7/h3-4H,1-2H3. The average Bonchev–Trinajstić information content (AvgIpc) is 2.39. The zero-order chi connectivity index (χ0) is 8.72. The summed E-state index contributed by atoms with van der Waals surface area (Å²) < 4.78 is 2.44. The highest BCUT2D eigenvalue weighted by atomic mass is 79.9. The van der Waals surface area contributed by atoms with Crippen LogP contribution < -0.4 is 0 Å². The Balaban J connectivity index is 2.89. The van der Waals surface area contributed by atoms with E-state index < -0.39 is 0 Å². The molecule has 0 fully saturated rings. The third-order valence-corrected chi connectivity index (χ3v) is 4.09. The summed E-state index contributed by atoms with van der Waals surface area (Å²) in [6.45, 7) is 4.13. The summed E-state index contributed by atoms with van der Waals surface area (Å²) in [5, 5.41) is 1.12. The molecule has 1 aromatic carbocycles. The molecule has 2 aromatic rings. The van der Waals surface area contributed by atoms with Crippen molar-refractivity contribution in [1.29, 1.82) is 0 Å². The predicted octanol–water partition coefficient (Wildman–Crippen LogP) is 3.68. The number of aromatic nitrogens is 1. The van der Waals surface area contributed by atoms with Gasteiger partial charge in [0.25, 0.3) is 0 Å². The summed E-state index contributed by atoms with van der Waals surface area (Å²) in [4.78, 5) is 4.40. The van der Waals surface area contributed by atoms with Crippen LogP contribution in [-0.2, 0) is 0 Å². The van der Waals surface area contributed by atoms with E-state index in [1.165, 1.54) is 14.7 Å². The molecule has 12 heavy (non-hydrogen) atoms. The summed E-state index contributed by atoms with van der Waals surface area (Å²) in [6, 6.07) is 4.16. The molecular formula is C9H8BrNS. The highest BCUT2D eigenvalue weighted by Gasteiger charge is 2.05. The molecule has 0 aliphatic carbocycles. The SMILES string of the molecule is Cc1nc2ccc(C)c(Br)c2s1. The second-order valence-electron chi connectivity index (χ2n) is 2.78. The lowest BCUT2D eigenvalue weighted by molar-refractivity contribution is 1.34. The van der Waals surface area contributed by atoms with Crippen LogP contribution in [0.4, 0.5) is 0 Å². The zero-order valence-corrected chi connectivity index (χ0v) is 9.29. The van der Waals surface area contributed by atoms with Gasteiger partial charge in [0.2, 0.25) is 0 Å². The van der Waals surface area contributed by atoms with E-state index in [1.807, 2.05) is 6.92 Å². The monoisotopic (exact) mass is 241 g/mol. The van der Waals surface area contributed by atoms with Gasteiger partial charge in [0, 0.05) is 4.47 Å². The Bertz CT molecular complexity index is 433. The summed E-state index contributed by atoms with van der Waals surface area (Å²) in [7, 11) is 0. The Labute approximate surface area is 83.6 Å². The van der Waals surface area contributed by atoms with Gasteiger partial charge < -0.3 is 0 Å². The third kappa shape index (κ3) is 1.17. The minimum Gasteiger partial charge on any atom is -0.241 e. The molecular weight excluding hydrogens is 234 g/mol. The first-order chi connectivity index (χ1) is 5.68. The molecule has 3 heteroatoms. The van der Waals surface area contributed by atoms with Crippen molar-refractivity contribution >= 4 is 37.5 Å². The number of hydrogen-bond acceptors (Lipinski definition) is 2. The smallest absolute Gasteiger partial charge is 0.0908 e. The number of halogens is 1. The van der Waals surface area contributed by atoms with Gasteiger partial charge in [-0.15, -0.1) is 11.3 Å². The molecule has 1 aromatic heterocycles. The molecule has 0 amide bonds. The van der Waals surface area contributed by atoms with Crippen LogP contribution in [0.15, 0.2) is 16.6 Å². The lowest BCUT2D eigenvalue weighted by Crippen LogP contribution is -1.75. The summed E-state index contributed by atoms with van der Waals surface area (Å²) >= 11 is 5.30. The van der Waals surface area contributed by atoms with Gasteiger partial charge in [-0.3, -0.25) is 0 Å². The fourth-order valence-corrected chi connectivity index (χ4v) is 2.66. The highest BCUT2D eigenvalue weighted by molar-refractivity contribution is 9.10. The minimum absolute atomic E-state index is 1.09. The van der Waals surface area contributed by atoms with Crippen molar-refractivity contribution in [2.75, 3.05) is 0 Å². The molecule has 0 saturated heterocycles. The van der Waals surface area contributed by atoms with E-state index >= 15 is 0 Å². The maximum atomic E-state index is 4.40. The second-order valence-corrected chi connectivity index (χ2v) is 4.77. The summed E-state index contributed by atoms with van der Waals surface area (Å²) in [5.41, 5.74) is 2.36. The van der Waals surface area contributed by atoms with E-state index in [-0.39, 0.29) is 0 Å². The van der Waals surface area contributed by atoms with Crippen molar-refractivity contribution in [3.63, 3.8) is 0 Å². The topological polar surface area (TPSA) is 12.9 Å². The molecule has 0 radical (unpaired) electrons. The summed E-state index contributed by atoms with van der Waals surface area (Å²) in [5.74, 6) is 0. The number of thiazole rings is 1. The van der Waals surface area contributed by atoms with Gasteiger partial charge in [-0.2, -0.15) is 0 Å². The molecule has 0 saturated carbocycles. The fourth-order valence-electron chi connectivity index (χ4n) is 1.17. The van der Waals surface area contributed by atoms with Gasteiger partial charge >= 0.3 is 0 Å². The van der Waals surface area contributed by atoms with Crippen molar-refractivity contribution < 1.29 is 0 Å². The molecule has 0 spiro atoms. The molecule has 0 aliphatic rings. The molecule has 0 bridgehead atoms. The van der Waals surface area contributed by atoms with E-state index in [0.717, 1.165) is 10.5 Å². The zero-order valence-electron chi connectivity index (χ0n) is 6.89. The van der Waals surface area contributed by atoms with Gasteiger partial charge in [-0.25, -0.2) is 4.98 Å². The number of aryl methyl sites for hydroxylation is 2. The third-order valence-electron chi connectivity index (χ3n) is 1.80. The van der Waals surface area contributed by atoms with Crippen molar-refractivity contribution in [2.45, 2.75) is 13.8 Å². The normalized spacial score (nSPS) is 10.9. The Morgan fingerprint density at radius 2 is 2.08 bits per heavy atom. The van der Waals surface area contributed by atoms with E-state index in [1.54, 1.807) is 11.3 Å². The Morgan fingerprint density at radius 3 is 2.83 bits per heavy atom. The molecule has 0 N–H and O–H groups in total. The molecule has 1 nitrogen and oxygen atoms in total. The molecule has 0 atom stereocenters. The van der Waals surface area contributed by atoms with Gasteiger partial charge in [0.1, 0.15) is 0 Å². The first-order valence-electron chi connectivity index (χ1n) is 3.71. The molecule has 0 unspecified atom stereocenters. The largest absolute Gasteiger partial charge is 0.241 e. The van der Waals surface area contributed by atoms with Crippen molar-refractivity contribution in [2.24, 2.45) is 0 Å². The number of nitrogens with zero attached hydrogens (tertiary/aromatic N) is 1. The lowest BCUT2D eigenvalue weighted by Gasteiger charge is -1.96. The van der Waals surface area contributed by atoms with Crippen LogP contribution in [-0.4, -0.2) is 4.98 Å². The van der Waals surface area contributed by atoms with Crippen LogP contribution in [0.5, 0.6) is 0 Å². The van der Waals surface area contributed by atoms with Gasteiger partial charge in [-0.1, -0.05) is 6.07 Å². The fraction of sp³-hybridized carbons (Fsp3) is 0.222. The Hall–Kier alpha value is -0.410. The van der Waals surface area contributed by atoms with Crippen LogP contribution in [0, 0.1) is 13.8 Å². The van der Waals surface area contributed by atoms with Gasteiger partial charge in [-0.05, 0) is 41.4 Å². The highest BCUT2D eigenvalue weighted by Crippen LogP contribution is 2.31. The van der Waals surface area contributed by atoms with Crippen LogP contribution in [0.25, 0.3) is 10.2 Å². The van der Waals surface area contributed by atoms with E-state index in [0.29, 0.717) is 0 Å². The first-order valence-corrected chi connectivity index (χ1v) is 5.31. The van der Waals surface area contributed by atoms with Crippen molar-refractivity contribution in [3.8, 4) is 0 Å². The van der Waals surface area contributed by atoms with E-state index in [9.17, 15) is 0 Å². The van der Waals surface area contributed by atoms with Crippen molar-refractivity contribution in [3.05, 3.63) is 27.2 Å². The molecule has 1 heterocycles. The number of rotatable bonds is 0. The molecule has 2 rings (SSSR count). The number of hydrogen-bond donors (Lipinski definition) is 0. The number of benzene rings is 1. The molecule has 0 aliphatic heterocycles. The number of fused-ring (bicyclic) bond motifs is 1. The maximum absolute atomic E-state index is 4.40. The molecule has 62 valence electrons. The maximum Gasteiger partial charge on any atom is 0.0908 e. The van der Waals surface area contributed by atoms with Crippen molar-refractivity contribution in [1.82, 2.24) is 4.98 Å². The quantitative estimate of drug-likeness (QED) is 0.686. The van der Waals surface area contributed by atoms with Crippen LogP contribution >= 0.6 is 27.3 Å². The minimum atomic E-state index is 1.09. The first kappa shape index (κ1) is 8.20. The summed E-state index contributed by atoms with van der Waals surface area (Å²) in [6.07, 6.45) is 0. The second kappa shape index (κ2) is 2.82. The van der Waals surface area contributed by atoms with Crippen LogP contribution in [0.2, 0.25) is 0 Å². The Morgan fingerprint density at radius 1 is 1.33 bits per heavy atom. The Kier molecular flexibility index (Phi) is 1.93. The van der Waals surface area contributed by atoms with Gasteiger partial charge in [0.15, 0.2) is 0 Å². The van der Waals surface area contributed by atoms with E-state index in [4.69, 9.17) is 0 Å². The average molecular weight is 242 g/mol. The van der Waals surface area contributed by atoms with E-state index in [2.05, 4.69) is 40.0 Å². The van der Waals surface area contributed by atoms with Gasteiger partial charge in [0.05, 0.1) is 15.2 Å². The van der Waals surface area contributed by atoms with Crippen LogP contribution in [0.1, 0.15) is 10.6 Å².